The molecule has 2 aromatic rings. The summed E-state index contributed by atoms with van der Waals surface area (Å²) in [5.41, 5.74) is 2.13. The van der Waals surface area contributed by atoms with Gasteiger partial charge in [0.25, 0.3) is 0 Å². The SMILES string of the molecule is C1=CC[C@H]2CN(Cc3cn(-c4ccccc4)nn3)C[C@H]2C1. The van der Waals surface area contributed by atoms with E-state index in [-0.39, 0.29) is 0 Å². The summed E-state index contributed by atoms with van der Waals surface area (Å²) in [5.74, 6) is 1.69. The molecule has 1 fully saturated rings. The Kier molecular flexibility index (Phi) is 3.31. The summed E-state index contributed by atoms with van der Waals surface area (Å²) in [7, 11) is 0. The fourth-order valence-corrected chi connectivity index (χ4v) is 3.55. The van der Waals surface area contributed by atoms with E-state index in [0.29, 0.717) is 0 Å². The van der Waals surface area contributed by atoms with Crippen LogP contribution in [0.5, 0.6) is 0 Å². The fraction of sp³-hybridized carbons (Fsp3) is 0.412. The molecule has 2 atom stereocenters. The van der Waals surface area contributed by atoms with Gasteiger partial charge in [-0.3, -0.25) is 4.90 Å². The first kappa shape index (κ1) is 12.8. The van der Waals surface area contributed by atoms with Gasteiger partial charge in [-0.2, -0.15) is 0 Å². The van der Waals surface area contributed by atoms with Crippen molar-refractivity contribution in [2.45, 2.75) is 19.4 Å². The number of para-hydroxylation sites is 1. The van der Waals surface area contributed by atoms with Crippen molar-refractivity contribution in [1.29, 1.82) is 0 Å². The smallest absolute Gasteiger partial charge is 0.0971 e. The molecule has 1 saturated heterocycles. The number of hydrogen-bond donors (Lipinski definition) is 0. The quantitative estimate of drug-likeness (QED) is 0.811. The summed E-state index contributed by atoms with van der Waals surface area (Å²) in [5, 5.41) is 8.58. The Labute approximate surface area is 125 Å². The van der Waals surface area contributed by atoms with Gasteiger partial charge >= 0.3 is 0 Å². The maximum atomic E-state index is 4.33. The Balaban J connectivity index is 1.43. The van der Waals surface area contributed by atoms with E-state index in [2.05, 4.69) is 45.7 Å². The highest BCUT2D eigenvalue weighted by molar-refractivity contribution is 5.29. The molecule has 1 aliphatic heterocycles. The second-order valence-electron chi connectivity index (χ2n) is 6.15. The number of nitrogens with zero attached hydrogens (tertiary/aromatic N) is 4. The summed E-state index contributed by atoms with van der Waals surface area (Å²) in [6.45, 7) is 3.32. The van der Waals surface area contributed by atoms with Crippen LogP contribution < -0.4 is 0 Å². The Bertz CT molecular complexity index is 615. The highest BCUT2D eigenvalue weighted by atomic mass is 15.4. The molecular formula is C17H20N4. The Morgan fingerprint density at radius 3 is 2.43 bits per heavy atom. The number of rotatable bonds is 3. The third kappa shape index (κ3) is 2.63. The molecule has 4 heteroatoms. The zero-order chi connectivity index (χ0) is 14.1. The van der Waals surface area contributed by atoms with E-state index in [1.54, 1.807) is 0 Å². The average molecular weight is 280 g/mol. The molecule has 4 nitrogen and oxygen atoms in total. The molecule has 0 radical (unpaired) electrons. The number of aromatic nitrogens is 3. The lowest BCUT2D eigenvalue weighted by atomic mass is 9.86. The van der Waals surface area contributed by atoms with Crippen LogP contribution in [-0.4, -0.2) is 33.0 Å². The van der Waals surface area contributed by atoms with E-state index >= 15 is 0 Å². The Hall–Kier alpha value is -1.94. The van der Waals surface area contributed by atoms with Crippen molar-refractivity contribution in [2.75, 3.05) is 13.1 Å². The molecule has 2 aliphatic rings. The average Bonchev–Trinajstić information content (AvgIpc) is 3.14. The predicted octanol–water partition coefficient (Wildman–Crippen LogP) is 2.67. The molecule has 108 valence electrons. The fourth-order valence-electron chi connectivity index (χ4n) is 3.55. The highest BCUT2D eigenvalue weighted by Gasteiger charge is 2.32. The van der Waals surface area contributed by atoms with Gasteiger partial charge in [0.05, 0.1) is 17.6 Å². The maximum absolute atomic E-state index is 4.33. The number of allylic oxidation sites excluding steroid dienone is 2. The van der Waals surface area contributed by atoms with Crippen LogP contribution in [0.25, 0.3) is 5.69 Å². The topological polar surface area (TPSA) is 34.0 Å². The monoisotopic (exact) mass is 280 g/mol. The molecule has 0 bridgehead atoms. The van der Waals surface area contributed by atoms with Crippen LogP contribution in [0.15, 0.2) is 48.7 Å². The van der Waals surface area contributed by atoms with E-state index in [9.17, 15) is 0 Å². The molecule has 1 aromatic carbocycles. The predicted molar refractivity (Wildman–Crippen MR) is 82.0 cm³/mol. The first-order valence-electron chi connectivity index (χ1n) is 7.72. The number of likely N-dealkylation sites (tertiary alicyclic amines) is 1. The molecule has 21 heavy (non-hydrogen) atoms. The van der Waals surface area contributed by atoms with Crippen LogP contribution in [0.2, 0.25) is 0 Å². The zero-order valence-corrected chi connectivity index (χ0v) is 12.1. The zero-order valence-electron chi connectivity index (χ0n) is 12.1. The normalized spacial score (nSPS) is 25.1. The molecule has 1 aromatic heterocycles. The second-order valence-corrected chi connectivity index (χ2v) is 6.15. The molecule has 0 saturated carbocycles. The van der Waals surface area contributed by atoms with E-state index in [4.69, 9.17) is 0 Å². The third-order valence-electron chi connectivity index (χ3n) is 4.64. The first-order chi connectivity index (χ1) is 10.4. The highest BCUT2D eigenvalue weighted by Crippen LogP contribution is 2.33. The summed E-state index contributed by atoms with van der Waals surface area (Å²) < 4.78 is 1.86. The standard InChI is InChI=1S/C17H20N4/c1-2-8-17(9-3-1)21-13-16(18-19-21)12-20-10-14-6-4-5-7-15(14)11-20/h1-5,8-9,13-15H,6-7,10-12H2/t14-,15+. The van der Waals surface area contributed by atoms with Gasteiger partial charge in [0.1, 0.15) is 0 Å². The van der Waals surface area contributed by atoms with Crippen molar-refractivity contribution < 1.29 is 0 Å². The van der Waals surface area contributed by atoms with Gasteiger partial charge in [-0.1, -0.05) is 35.6 Å². The van der Waals surface area contributed by atoms with Gasteiger partial charge in [0.15, 0.2) is 0 Å². The van der Waals surface area contributed by atoms with Gasteiger partial charge in [0.2, 0.25) is 0 Å². The van der Waals surface area contributed by atoms with Crippen LogP contribution >= 0.6 is 0 Å². The van der Waals surface area contributed by atoms with Gasteiger partial charge in [-0.25, -0.2) is 4.68 Å². The van der Waals surface area contributed by atoms with Crippen LogP contribution in [-0.2, 0) is 6.54 Å². The lowest BCUT2D eigenvalue weighted by molar-refractivity contribution is 0.310. The largest absolute Gasteiger partial charge is 0.297 e. The van der Waals surface area contributed by atoms with Crippen LogP contribution in [0.1, 0.15) is 18.5 Å². The molecule has 4 rings (SSSR count). The van der Waals surface area contributed by atoms with E-state index < -0.39 is 0 Å². The summed E-state index contributed by atoms with van der Waals surface area (Å²) >= 11 is 0. The molecular weight excluding hydrogens is 260 g/mol. The maximum Gasteiger partial charge on any atom is 0.0971 e. The second kappa shape index (κ2) is 5.45. The van der Waals surface area contributed by atoms with Gasteiger partial charge < -0.3 is 0 Å². The molecule has 2 heterocycles. The molecule has 0 unspecified atom stereocenters. The van der Waals surface area contributed by atoms with Gasteiger partial charge in [-0.05, 0) is 36.8 Å². The van der Waals surface area contributed by atoms with Crippen molar-refractivity contribution in [3.8, 4) is 5.69 Å². The Morgan fingerprint density at radius 1 is 1.00 bits per heavy atom. The van der Waals surface area contributed by atoms with Crippen molar-refractivity contribution in [1.82, 2.24) is 19.9 Å². The lowest BCUT2D eigenvalue weighted by Gasteiger charge is -2.18. The molecule has 1 aliphatic carbocycles. The van der Waals surface area contributed by atoms with Crippen LogP contribution in [0.3, 0.4) is 0 Å². The number of hydrogen-bond acceptors (Lipinski definition) is 3. The van der Waals surface area contributed by atoms with Crippen molar-refractivity contribution in [2.24, 2.45) is 11.8 Å². The summed E-state index contributed by atoms with van der Waals surface area (Å²) in [4.78, 5) is 2.53. The number of fused-ring (bicyclic) bond motifs is 1. The van der Waals surface area contributed by atoms with Crippen molar-refractivity contribution in [3.05, 3.63) is 54.4 Å². The van der Waals surface area contributed by atoms with Crippen LogP contribution in [0.4, 0.5) is 0 Å². The van der Waals surface area contributed by atoms with E-state index in [1.165, 1.54) is 25.9 Å². The third-order valence-corrected chi connectivity index (χ3v) is 4.64. The van der Waals surface area contributed by atoms with Gasteiger partial charge in [-0.15, -0.1) is 5.10 Å². The van der Waals surface area contributed by atoms with Gasteiger partial charge in [0, 0.05) is 19.6 Å². The summed E-state index contributed by atoms with van der Waals surface area (Å²) in [6.07, 6.45) is 9.23. The minimum absolute atomic E-state index is 0.846. The molecule has 0 spiro atoms. The molecule has 0 N–H and O–H groups in total. The lowest BCUT2D eigenvalue weighted by Crippen LogP contribution is -2.20. The van der Waals surface area contributed by atoms with E-state index in [0.717, 1.165) is 29.8 Å². The van der Waals surface area contributed by atoms with E-state index in [1.807, 2.05) is 22.9 Å². The van der Waals surface area contributed by atoms with Crippen molar-refractivity contribution >= 4 is 0 Å². The minimum Gasteiger partial charge on any atom is -0.297 e. The van der Waals surface area contributed by atoms with Crippen molar-refractivity contribution in [3.63, 3.8) is 0 Å². The van der Waals surface area contributed by atoms with Crippen LogP contribution in [0, 0.1) is 11.8 Å². The molecule has 0 amide bonds. The number of benzene rings is 1. The first-order valence-corrected chi connectivity index (χ1v) is 7.72. The minimum atomic E-state index is 0.846. The summed E-state index contributed by atoms with van der Waals surface area (Å²) in [6, 6.07) is 10.2. The Morgan fingerprint density at radius 2 is 1.71 bits per heavy atom.